The van der Waals surface area contributed by atoms with Crippen LogP contribution in [0.2, 0.25) is 0 Å². The molecular formula is C15H20N2OS. The molecule has 1 fully saturated rings. The van der Waals surface area contributed by atoms with Crippen molar-refractivity contribution in [2.45, 2.75) is 38.6 Å². The number of hydrogen-bond donors (Lipinski definition) is 2. The van der Waals surface area contributed by atoms with E-state index >= 15 is 0 Å². The summed E-state index contributed by atoms with van der Waals surface area (Å²) in [5, 5.41) is 3.11. The number of nitrogens with two attached hydrogens (primary N) is 1. The molecule has 0 aliphatic heterocycles. The van der Waals surface area contributed by atoms with Crippen molar-refractivity contribution in [3.05, 3.63) is 35.4 Å². The third kappa shape index (κ3) is 3.77. The van der Waals surface area contributed by atoms with E-state index in [1.807, 2.05) is 24.3 Å². The highest BCUT2D eigenvalue weighted by Gasteiger charge is 2.38. The largest absolute Gasteiger partial charge is 0.389 e. The Morgan fingerprint density at radius 1 is 1.37 bits per heavy atom. The van der Waals surface area contributed by atoms with E-state index in [-0.39, 0.29) is 11.4 Å². The van der Waals surface area contributed by atoms with Gasteiger partial charge in [-0.25, -0.2) is 0 Å². The van der Waals surface area contributed by atoms with E-state index in [0.29, 0.717) is 17.3 Å². The van der Waals surface area contributed by atoms with Gasteiger partial charge in [0, 0.05) is 11.1 Å². The van der Waals surface area contributed by atoms with Gasteiger partial charge in [0.1, 0.15) is 4.99 Å². The molecule has 3 N–H and O–H groups in total. The van der Waals surface area contributed by atoms with Gasteiger partial charge >= 0.3 is 0 Å². The van der Waals surface area contributed by atoms with Gasteiger partial charge in [0.25, 0.3) is 0 Å². The lowest BCUT2D eigenvalue weighted by atomic mass is 9.98. The molecule has 0 aromatic heterocycles. The minimum absolute atomic E-state index is 0.0694. The molecule has 0 saturated heterocycles. The Labute approximate surface area is 119 Å². The Morgan fingerprint density at radius 3 is 2.42 bits per heavy atom. The van der Waals surface area contributed by atoms with Crippen LogP contribution in [0.4, 0.5) is 0 Å². The van der Waals surface area contributed by atoms with E-state index in [1.54, 1.807) is 0 Å². The van der Waals surface area contributed by atoms with Gasteiger partial charge in [-0.2, -0.15) is 0 Å². The van der Waals surface area contributed by atoms with Crippen molar-refractivity contribution in [3.8, 4) is 0 Å². The molecule has 1 aromatic rings. The Bertz CT molecular complexity index is 489. The minimum atomic E-state index is -0.0875. The van der Waals surface area contributed by atoms with Crippen molar-refractivity contribution in [1.82, 2.24) is 5.32 Å². The van der Waals surface area contributed by atoms with Gasteiger partial charge in [0.05, 0.1) is 6.42 Å². The number of rotatable bonds is 5. The molecule has 102 valence electrons. The number of carbonyl (C=O) groups excluding carboxylic acids is 1. The molecule has 1 aromatic carbocycles. The fourth-order valence-corrected chi connectivity index (χ4v) is 2.42. The molecule has 19 heavy (non-hydrogen) atoms. The molecule has 1 saturated carbocycles. The third-order valence-corrected chi connectivity index (χ3v) is 3.90. The van der Waals surface area contributed by atoms with Crippen LogP contribution in [0.3, 0.4) is 0 Å². The molecule has 4 heteroatoms. The minimum Gasteiger partial charge on any atom is -0.389 e. The van der Waals surface area contributed by atoms with Crippen molar-refractivity contribution in [1.29, 1.82) is 0 Å². The van der Waals surface area contributed by atoms with Crippen molar-refractivity contribution < 1.29 is 4.79 Å². The first kappa shape index (κ1) is 14.0. The molecule has 0 unspecified atom stereocenters. The summed E-state index contributed by atoms with van der Waals surface area (Å²) in [6.45, 7) is 4.19. The van der Waals surface area contributed by atoms with Crippen LogP contribution in [-0.2, 0) is 11.2 Å². The number of carbonyl (C=O) groups is 1. The highest BCUT2D eigenvalue weighted by molar-refractivity contribution is 7.80. The highest BCUT2D eigenvalue weighted by Crippen LogP contribution is 2.39. The van der Waals surface area contributed by atoms with Gasteiger partial charge in [0.15, 0.2) is 0 Å². The number of nitrogens with one attached hydrogen (secondary N) is 1. The van der Waals surface area contributed by atoms with Crippen LogP contribution in [0.1, 0.15) is 37.8 Å². The van der Waals surface area contributed by atoms with E-state index in [2.05, 4.69) is 19.2 Å². The topological polar surface area (TPSA) is 55.1 Å². The number of amides is 1. The van der Waals surface area contributed by atoms with Crippen LogP contribution in [0, 0.1) is 5.92 Å². The highest BCUT2D eigenvalue weighted by atomic mass is 32.1. The molecule has 1 amide bonds. The van der Waals surface area contributed by atoms with Crippen LogP contribution in [-0.4, -0.2) is 16.4 Å². The molecule has 0 atom stereocenters. The average Bonchev–Trinajstić information content (AvgIpc) is 3.12. The van der Waals surface area contributed by atoms with Crippen LogP contribution in [0.5, 0.6) is 0 Å². The lowest BCUT2D eigenvalue weighted by Crippen LogP contribution is -2.45. The summed E-state index contributed by atoms with van der Waals surface area (Å²) < 4.78 is 0. The molecule has 0 bridgehead atoms. The average molecular weight is 276 g/mol. The molecule has 1 aliphatic carbocycles. The Hall–Kier alpha value is -1.42. The van der Waals surface area contributed by atoms with E-state index in [9.17, 15) is 4.79 Å². The maximum absolute atomic E-state index is 12.0. The second kappa shape index (κ2) is 5.29. The second-order valence-corrected chi connectivity index (χ2v) is 6.22. The quantitative estimate of drug-likeness (QED) is 0.810. The zero-order chi connectivity index (χ0) is 14.0. The van der Waals surface area contributed by atoms with E-state index < -0.39 is 0 Å². The van der Waals surface area contributed by atoms with Crippen LogP contribution in [0.15, 0.2) is 24.3 Å². The molecule has 0 heterocycles. The molecule has 1 aliphatic rings. The van der Waals surface area contributed by atoms with Crippen LogP contribution in [0.25, 0.3) is 0 Å². The van der Waals surface area contributed by atoms with Gasteiger partial charge in [-0.15, -0.1) is 0 Å². The van der Waals surface area contributed by atoms with E-state index in [0.717, 1.165) is 11.1 Å². The Balaban J connectivity index is 1.93. The number of benzene rings is 1. The zero-order valence-corrected chi connectivity index (χ0v) is 12.2. The SMILES string of the molecule is CC(C)(NC(=O)Cc1ccc(C(N)=S)cc1)C1CC1. The predicted octanol–water partition coefficient (Wildman–Crippen LogP) is 2.17. The third-order valence-electron chi connectivity index (χ3n) is 3.66. The zero-order valence-electron chi connectivity index (χ0n) is 11.4. The molecule has 0 spiro atoms. The Kier molecular flexibility index (Phi) is 3.90. The first-order valence-electron chi connectivity index (χ1n) is 6.58. The first-order chi connectivity index (χ1) is 8.88. The summed E-state index contributed by atoms with van der Waals surface area (Å²) >= 11 is 4.90. The Morgan fingerprint density at radius 2 is 1.95 bits per heavy atom. The maximum atomic E-state index is 12.0. The summed E-state index contributed by atoms with van der Waals surface area (Å²) in [6.07, 6.45) is 2.83. The van der Waals surface area contributed by atoms with Gasteiger partial charge in [-0.3, -0.25) is 4.79 Å². The fourth-order valence-electron chi connectivity index (χ4n) is 2.28. The predicted molar refractivity (Wildman–Crippen MR) is 81.0 cm³/mol. The standard InChI is InChI=1S/C15H20N2OS/c1-15(2,12-7-8-12)17-13(18)9-10-3-5-11(6-4-10)14(16)19/h3-6,12H,7-9H2,1-2H3,(H2,16,19)(H,17,18). The number of thiocarbonyl (C=S) groups is 1. The van der Waals surface area contributed by atoms with Gasteiger partial charge in [0.2, 0.25) is 5.91 Å². The van der Waals surface area contributed by atoms with Crippen molar-refractivity contribution in [2.75, 3.05) is 0 Å². The summed E-state index contributed by atoms with van der Waals surface area (Å²) in [5.74, 6) is 0.702. The lowest BCUT2D eigenvalue weighted by molar-refractivity contribution is -0.122. The summed E-state index contributed by atoms with van der Waals surface area (Å²) in [7, 11) is 0. The molecule has 0 radical (unpaired) electrons. The van der Waals surface area contributed by atoms with Crippen molar-refractivity contribution in [2.24, 2.45) is 11.7 Å². The summed E-state index contributed by atoms with van der Waals surface area (Å²) in [4.78, 5) is 12.4. The summed E-state index contributed by atoms with van der Waals surface area (Å²) in [5.41, 5.74) is 7.26. The smallest absolute Gasteiger partial charge is 0.224 e. The maximum Gasteiger partial charge on any atom is 0.224 e. The lowest BCUT2D eigenvalue weighted by Gasteiger charge is -2.26. The second-order valence-electron chi connectivity index (χ2n) is 5.78. The normalized spacial score (nSPS) is 15.1. The van der Waals surface area contributed by atoms with Crippen LogP contribution < -0.4 is 11.1 Å². The monoisotopic (exact) mass is 276 g/mol. The summed E-state index contributed by atoms with van der Waals surface area (Å²) in [6, 6.07) is 7.52. The van der Waals surface area contributed by atoms with Gasteiger partial charge in [-0.1, -0.05) is 36.5 Å². The van der Waals surface area contributed by atoms with Crippen molar-refractivity contribution in [3.63, 3.8) is 0 Å². The van der Waals surface area contributed by atoms with E-state index in [4.69, 9.17) is 18.0 Å². The first-order valence-corrected chi connectivity index (χ1v) is 6.99. The van der Waals surface area contributed by atoms with Gasteiger partial charge < -0.3 is 11.1 Å². The molecular weight excluding hydrogens is 256 g/mol. The fraction of sp³-hybridized carbons (Fsp3) is 0.467. The van der Waals surface area contributed by atoms with E-state index in [1.165, 1.54) is 12.8 Å². The molecule has 2 rings (SSSR count). The number of hydrogen-bond acceptors (Lipinski definition) is 2. The van der Waals surface area contributed by atoms with Gasteiger partial charge in [-0.05, 0) is 38.2 Å². The molecule has 3 nitrogen and oxygen atoms in total. The van der Waals surface area contributed by atoms with Crippen LogP contribution >= 0.6 is 12.2 Å². The van der Waals surface area contributed by atoms with Crippen molar-refractivity contribution >= 4 is 23.1 Å².